The zero-order valence-corrected chi connectivity index (χ0v) is 15.8. The van der Waals surface area contributed by atoms with Crippen LogP contribution < -0.4 is 10.6 Å². The third-order valence-electron chi connectivity index (χ3n) is 4.90. The summed E-state index contributed by atoms with van der Waals surface area (Å²) in [4.78, 5) is 19.4. The lowest BCUT2D eigenvalue weighted by atomic mass is 9.97. The minimum absolute atomic E-state index is 0.131. The molecule has 1 aliphatic rings. The molecule has 0 spiro atoms. The predicted octanol–water partition coefficient (Wildman–Crippen LogP) is 5.05. The largest absolute Gasteiger partial charge is 0.364 e. The third-order valence-corrected chi connectivity index (χ3v) is 4.90. The molecule has 0 fully saturated rings. The molecular weight excluding hydrogens is 342 g/mol. The van der Waals surface area contributed by atoms with E-state index < -0.39 is 4.92 Å². The minimum atomic E-state index is -0.439. The van der Waals surface area contributed by atoms with Crippen LogP contribution in [-0.2, 0) is 0 Å². The second-order valence-corrected chi connectivity index (χ2v) is 6.89. The summed E-state index contributed by atoms with van der Waals surface area (Å²) < 4.78 is 0. The van der Waals surface area contributed by atoms with Crippen LogP contribution in [0.25, 0.3) is 0 Å². The summed E-state index contributed by atoms with van der Waals surface area (Å²) in [7, 11) is 0. The normalized spacial score (nSPS) is 13.8. The smallest absolute Gasteiger partial charge is 0.353 e. The van der Waals surface area contributed by atoms with Crippen molar-refractivity contribution < 1.29 is 4.92 Å². The van der Waals surface area contributed by atoms with Gasteiger partial charge in [0.25, 0.3) is 0 Å². The Morgan fingerprint density at radius 2 is 1.96 bits per heavy atom. The third kappa shape index (κ3) is 4.81. The van der Waals surface area contributed by atoms with E-state index in [0.29, 0.717) is 6.54 Å². The monoisotopic (exact) mass is 367 g/mol. The highest BCUT2D eigenvalue weighted by molar-refractivity contribution is 5.74. The van der Waals surface area contributed by atoms with Gasteiger partial charge in [-0.2, -0.15) is 0 Å². The van der Waals surface area contributed by atoms with Gasteiger partial charge in [-0.25, -0.2) is 9.97 Å². The Balaban J connectivity index is 1.76. The molecule has 1 aliphatic carbocycles. The first kappa shape index (κ1) is 18.8. The van der Waals surface area contributed by atoms with Crippen molar-refractivity contribution in [2.75, 3.05) is 17.2 Å². The van der Waals surface area contributed by atoms with E-state index in [4.69, 9.17) is 0 Å². The fourth-order valence-electron chi connectivity index (χ4n) is 3.20. The average Bonchev–Trinajstić information content (AvgIpc) is 2.65. The molecule has 3 rings (SSSR count). The molecule has 0 radical (unpaired) electrons. The summed E-state index contributed by atoms with van der Waals surface area (Å²) in [5.41, 5.74) is 4.32. The molecule has 0 amide bonds. The molecule has 142 valence electrons. The molecule has 0 unspecified atom stereocenters. The standard InChI is InChI=1S/C20H25N5O2/c1-14-8-9-17(12-15(14)2)24-20-18(25(26)27)19(22-13-23-20)21-11-10-16-6-4-3-5-7-16/h6,8-9,12-13H,3-5,7,10-11H2,1-2H3,(H2,21,22,23,24). The summed E-state index contributed by atoms with van der Waals surface area (Å²) in [6, 6.07) is 5.81. The first-order valence-electron chi connectivity index (χ1n) is 9.30. The van der Waals surface area contributed by atoms with E-state index in [2.05, 4.69) is 26.7 Å². The van der Waals surface area contributed by atoms with Crippen molar-refractivity contribution in [1.29, 1.82) is 0 Å². The molecule has 0 bridgehead atoms. The lowest BCUT2D eigenvalue weighted by Crippen LogP contribution is -2.10. The van der Waals surface area contributed by atoms with Gasteiger partial charge in [0, 0.05) is 12.2 Å². The number of aromatic nitrogens is 2. The van der Waals surface area contributed by atoms with Crippen molar-refractivity contribution in [2.45, 2.75) is 46.0 Å². The van der Waals surface area contributed by atoms with E-state index >= 15 is 0 Å². The minimum Gasteiger partial charge on any atom is -0.364 e. The second-order valence-electron chi connectivity index (χ2n) is 6.89. The summed E-state index contributed by atoms with van der Waals surface area (Å²) in [6.07, 6.45) is 9.23. The van der Waals surface area contributed by atoms with E-state index in [-0.39, 0.29) is 17.3 Å². The van der Waals surface area contributed by atoms with Crippen LogP contribution in [0, 0.1) is 24.0 Å². The molecule has 1 heterocycles. The van der Waals surface area contributed by atoms with Crippen LogP contribution in [0.4, 0.5) is 23.0 Å². The SMILES string of the molecule is Cc1ccc(Nc2ncnc(NCCC3=CCCCC3)c2[N+](=O)[O-])cc1C. The van der Waals surface area contributed by atoms with Crippen LogP contribution in [-0.4, -0.2) is 21.4 Å². The molecular formula is C20H25N5O2. The first-order chi connectivity index (χ1) is 13.0. The first-order valence-corrected chi connectivity index (χ1v) is 9.30. The van der Waals surface area contributed by atoms with Crippen molar-refractivity contribution in [3.05, 3.63) is 57.4 Å². The number of hydrogen-bond acceptors (Lipinski definition) is 6. The lowest BCUT2D eigenvalue weighted by Gasteiger charge is -2.14. The molecule has 2 N–H and O–H groups in total. The zero-order chi connectivity index (χ0) is 19.2. The second kappa shape index (κ2) is 8.62. The predicted molar refractivity (Wildman–Crippen MR) is 108 cm³/mol. The van der Waals surface area contributed by atoms with E-state index in [1.54, 1.807) is 0 Å². The molecule has 0 aliphatic heterocycles. The number of nitrogens with zero attached hydrogens (tertiary/aromatic N) is 3. The van der Waals surface area contributed by atoms with Crippen molar-refractivity contribution in [3.63, 3.8) is 0 Å². The van der Waals surface area contributed by atoms with Crippen molar-refractivity contribution in [2.24, 2.45) is 0 Å². The molecule has 7 heteroatoms. The Labute approximate surface area is 159 Å². The number of anilines is 3. The molecule has 7 nitrogen and oxygen atoms in total. The number of nitro groups is 1. The van der Waals surface area contributed by atoms with Gasteiger partial charge in [-0.1, -0.05) is 17.7 Å². The van der Waals surface area contributed by atoms with Crippen LogP contribution in [0.5, 0.6) is 0 Å². The zero-order valence-electron chi connectivity index (χ0n) is 15.8. The van der Waals surface area contributed by atoms with Crippen LogP contribution in [0.1, 0.15) is 43.2 Å². The molecule has 2 aromatic rings. The van der Waals surface area contributed by atoms with Gasteiger partial charge in [-0.3, -0.25) is 10.1 Å². The Morgan fingerprint density at radius 1 is 1.15 bits per heavy atom. The van der Waals surface area contributed by atoms with Crippen molar-refractivity contribution >= 4 is 23.0 Å². The summed E-state index contributed by atoms with van der Waals surface area (Å²) in [5.74, 6) is 0.440. The number of hydrogen-bond donors (Lipinski definition) is 2. The maximum absolute atomic E-state index is 11.7. The number of allylic oxidation sites excluding steroid dienone is 1. The van der Waals surface area contributed by atoms with Gasteiger partial charge < -0.3 is 10.6 Å². The summed E-state index contributed by atoms with van der Waals surface area (Å²) >= 11 is 0. The number of rotatable bonds is 7. The Morgan fingerprint density at radius 3 is 2.67 bits per heavy atom. The highest BCUT2D eigenvalue weighted by Gasteiger charge is 2.23. The van der Waals surface area contributed by atoms with E-state index in [1.807, 2.05) is 32.0 Å². The molecule has 0 saturated carbocycles. The summed E-state index contributed by atoms with van der Waals surface area (Å²) in [6.45, 7) is 4.64. The highest BCUT2D eigenvalue weighted by atomic mass is 16.6. The fourth-order valence-corrected chi connectivity index (χ4v) is 3.20. The summed E-state index contributed by atoms with van der Waals surface area (Å²) in [5, 5.41) is 17.8. The van der Waals surface area contributed by atoms with Gasteiger partial charge in [0.05, 0.1) is 4.92 Å². The van der Waals surface area contributed by atoms with E-state index in [0.717, 1.165) is 36.1 Å². The lowest BCUT2D eigenvalue weighted by molar-refractivity contribution is -0.383. The molecule has 1 aromatic carbocycles. The molecule has 0 saturated heterocycles. The Hall–Kier alpha value is -2.96. The van der Waals surface area contributed by atoms with Crippen LogP contribution in [0.2, 0.25) is 0 Å². The van der Waals surface area contributed by atoms with Gasteiger partial charge in [0.1, 0.15) is 6.33 Å². The van der Waals surface area contributed by atoms with Crippen LogP contribution in [0.3, 0.4) is 0 Å². The maximum atomic E-state index is 11.7. The highest BCUT2D eigenvalue weighted by Crippen LogP contribution is 2.31. The fraction of sp³-hybridized carbons (Fsp3) is 0.400. The molecule has 1 aromatic heterocycles. The quantitative estimate of drug-likeness (QED) is 0.404. The van der Waals surface area contributed by atoms with Gasteiger partial charge in [-0.05, 0) is 69.2 Å². The van der Waals surface area contributed by atoms with Gasteiger partial charge in [0.15, 0.2) is 0 Å². The molecule has 27 heavy (non-hydrogen) atoms. The topological polar surface area (TPSA) is 93.0 Å². The van der Waals surface area contributed by atoms with Crippen LogP contribution in [0.15, 0.2) is 36.2 Å². The van der Waals surface area contributed by atoms with Crippen molar-refractivity contribution in [3.8, 4) is 0 Å². The Bertz CT molecular complexity index is 863. The number of nitrogens with one attached hydrogen (secondary N) is 2. The van der Waals surface area contributed by atoms with Gasteiger partial charge >= 0.3 is 5.69 Å². The number of aryl methyl sites for hydroxylation is 2. The average molecular weight is 367 g/mol. The van der Waals surface area contributed by atoms with Gasteiger partial charge in [-0.15, -0.1) is 0 Å². The molecule has 0 atom stereocenters. The van der Waals surface area contributed by atoms with Crippen LogP contribution >= 0.6 is 0 Å². The Kier molecular flexibility index (Phi) is 6.01. The van der Waals surface area contributed by atoms with Gasteiger partial charge in [0.2, 0.25) is 11.6 Å². The van der Waals surface area contributed by atoms with Crippen molar-refractivity contribution in [1.82, 2.24) is 9.97 Å². The number of benzene rings is 1. The van der Waals surface area contributed by atoms with E-state index in [1.165, 1.54) is 24.7 Å². The maximum Gasteiger partial charge on any atom is 0.353 e. The van der Waals surface area contributed by atoms with E-state index in [9.17, 15) is 10.1 Å².